The molecule has 0 atom stereocenters. The van der Waals surface area contributed by atoms with Gasteiger partial charge in [0.05, 0.1) is 10.1 Å². The number of nitrogens with zero attached hydrogens (tertiary/aromatic N) is 1. The van der Waals surface area contributed by atoms with E-state index in [9.17, 15) is 13.0 Å². The van der Waals surface area contributed by atoms with E-state index in [0.717, 1.165) is 22.6 Å². The summed E-state index contributed by atoms with van der Waals surface area (Å²) in [7, 11) is -4.22. The molecular weight excluding hydrogens is 407 g/mol. The summed E-state index contributed by atoms with van der Waals surface area (Å²) >= 11 is 0. The molecule has 0 aromatic heterocycles. The van der Waals surface area contributed by atoms with Crippen LogP contribution in [-0.2, 0) is 15.5 Å². The fourth-order valence-electron chi connectivity index (χ4n) is 3.58. The molecule has 1 N–H and O–H groups in total. The largest absolute Gasteiger partial charge is 1.00 e. The summed E-state index contributed by atoms with van der Waals surface area (Å²) in [5, 5.41) is 3.21. The van der Waals surface area contributed by atoms with E-state index in [4.69, 9.17) is 0 Å². The van der Waals surface area contributed by atoms with E-state index in [0.29, 0.717) is 6.54 Å². The van der Waals surface area contributed by atoms with Crippen LogP contribution >= 0.6 is 0 Å². The summed E-state index contributed by atoms with van der Waals surface area (Å²) in [6.07, 6.45) is 8.06. The Balaban J connectivity index is 0.00000320. The van der Waals surface area contributed by atoms with Crippen LogP contribution in [0.25, 0.3) is 0 Å². The van der Waals surface area contributed by atoms with Crippen molar-refractivity contribution in [1.82, 2.24) is 0 Å². The average Bonchev–Trinajstić information content (AvgIpc) is 2.89. The summed E-state index contributed by atoms with van der Waals surface area (Å²) in [5.41, 5.74) is 3.98. The van der Waals surface area contributed by atoms with Crippen LogP contribution in [-0.4, -0.2) is 35.6 Å². The van der Waals surface area contributed by atoms with Crippen LogP contribution in [0.4, 0.5) is 11.4 Å². The summed E-state index contributed by atoms with van der Waals surface area (Å²) < 4.78 is 35.1. The zero-order valence-corrected chi connectivity index (χ0v) is 20.4. The third kappa shape index (κ3) is 6.15. The predicted molar refractivity (Wildman–Crippen MR) is 116 cm³/mol. The average molecular weight is 433 g/mol. The minimum absolute atomic E-state index is 0. The Hall–Kier alpha value is -1.70. The van der Waals surface area contributed by atoms with E-state index in [2.05, 4.69) is 29.8 Å². The summed E-state index contributed by atoms with van der Waals surface area (Å²) in [6.45, 7) is 4.73. The predicted octanol–water partition coefficient (Wildman–Crippen LogP) is 0.984. The molecule has 1 heterocycles. The molecule has 0 aliphatic carbocycles. The van der Waals surface area contributed by atoms with Crippen molar-refractivity contribution in [3.63, 3.8) is 0 Å². The van der Waals surface area contributed by atoms with Crippen LogP contribution < -0.4 is 34.9 Å². The maximum Gasteiger partial charge on any atom is 1.00 e. The Morgan fingerprint density at radius 3 is 2.60 bits per heavy atom. The van der Waals surface area contributed by atoms with Gasteiger partial charge in [-0.25, -0.2) is 13.0 Å². The molecule has 0 fully saturated rings. The second-order valence-electron chi connectivity index (χ2n) is 7.45. The Morgan fingerprint density at radius 2 is 1.90 bits per heavy atom. The molecule has 1 aliphatic rings. The van der Waals surface area contributed by atoms with Crippen molar-refractivity contribution in [3.05, 3.63) is 84.6 Å². The molecule has 152 valence electrons. The third-order valence-corrected chi connectivity index (χ3v) is 5.79. The molecule has 2 aromatic carbocycles. The van der Waals surface area contributed by atoms with Crippen LogP contribution in [0.1, 0.15) is 25.8 Å². The van der Waals surface area contributed by atoms with Gasteiger partial charge in [0, 0.05) is 35.6 Å². The van der Waals surface area contributed by atoms with Crippen molar-refractivity contribution in [1.29, 1.82) is 0 Å². The van der Waals surface area contributed by atoms with Gasteiger partial charge in [0.15, 0.2) is 5.71 Å². The first-order valence-corrected chi connectivity index (χ1v) is 11.1. The minimum Gasteiger partial charge on any atom is -0.748 e. The van der Waals surface area contributed by atoms with E-state index in [1.165, 1.54) is 0 Å². The van der Waals surface area contributed by atoms with Crippen molar-refractivity contribution in [3.8, 4) is 0 Å². The molecule has 0 unspecified atom stereocenters. The Kier molecular flexibility index (Phi) is 8.64. The first-order valence-electron chi connectivity index (χ1n) is 9.53. The van der Waals surface area contributed by atoms with E-state index >= 15 is 0 Å². The molecule has 0 radical (unpaired) electrons. The number of para-hydroxylation sites is 1. The van der Waals surface area contributed by atoms with Gasteiger partial charge in [-0.1, -0.05) is 43.7 Å². The molecule has 3 rings (SSSR count). The van der Waals surface area contributed by atoms with Crippen molar-refractivity contribution >= 4 is 27.2 Å². The van der Waals surface area contributed by atoms with Crippen molar-refractivity contribution < 1.29 is 47.1 Å². The molecule has 30 heavy (non-hydrogen) atoms. The Morgan fingerprint density at radius 1 is 1.17 bits per heavy atom. The quantitative estimate of drug-likeness (QED) is 0.222. The summed E-state index contributed by atoms with van der Waals surface area (Å²) in [5.74, 6) is -0.365. The van der Waals surface area contributed by atoms with Crippen molar-refractivity contribution in [2.45, 2.75) is 25.7 Å². The number of hydrogen-bond acceptors (Lipinski definition) is 4. The Bertz CT molecular complexity index is 1060. The molecule has 5 nitrogen and oxygen atoms in total. The maximum absolute atomic E-state index is 11.0. The second-order valence-corrected chi connectivity index (χ2v) is 8.97. The number of benzene rings is 2. The van der Waals surface area contributed by atoms with Gasteiger partial charge in [0.1, 0.15) is 12.2 Å². The van der Waals surface area contributed by atoms with Gasteiger partial charge in [-0.15, -0.1) is 6.07 Å². The van der Waals surface area contributed by atoms with E-state index in [-0.39, 0.29) is 47.1 Å². The fourth-order valence-corrected chi connectivity index (χ4v) is 4.07. The molecule has 7 heteroatoms. The topological polar surface area (TPSA) is 72.2 Å². The van der Waals surface area contributed by atoms with Gasteiger partial charge in [-0.05, 0) is 18.2 Å². The van der Waals surface area contributed by atoms with Crippen LogP contribution in [0.2, 0.25) is 0 Å². The number of hydrogen-bond donors (Lipinski definition) is 1. The maximum atomic E-state index is 11.0. The zero-order chi connectivity index (χ0) is 20.9. The number of fused-ring (bicyclic) bond motifs is 1. The molecule has 0 amide bonds. The Labute approximate surface area is 201 Å². The fraction of sp³-hybridized carbons (Fsp3) is 0.261. The first-order chi connectivity index (χ1) is 13.8. The van der Waals surface area contributed by atoms with Gasteiger partial charge in [0.25, 0.3) is 0 Å². The van der Waals surface area contributed by atoms with Crippen LogP contribution in [0.3, 0.4) is 0 Å². The van der Waals surface area contributed by atoms with Gasteiger partial charge < -0.3 is 9.87 Å². The van der Waals surface area contributed by atoms with Crippen LogP contribution in [0.5, 0.6) is 0 Å². The number of nitrogens with one attached hydrogen (secondary N) is 1. The summed E-state index contributed by atoms with van der Waals surface area (Å²) in [4.78, 5) is 0. The zero-order valence-electron chi connectivity index (χ0n) is 17.6. The van der Waals surface area contributed by atoms with Gasteiger partial charge in [0.2, 0.25) is 0 Å². The smallest absolute Gasteiger partial charge is 0.748 e. The monoisotopic (exact) mass is 432 g/mol. The standard InChI is InChI=1S/C23H25N2O3S.Na/c1-23(2)20-13-6-7-14-21(20)25(17-10-18-29(26,27)28)22(23)15-8-9-16-24-19-11-4-3-5-12-19;/h3-5,7-9,11-16H,10,17-18H2,1-2H3,(H,26,27,28);/q-1;+1. The normalized spacial score (nSPS) is 15.4. The molecule has 0 saturated heterocycles. The first kappa shape index (κ1) is 24.6. The van der Waals surface area contributed by atoms with Gasteiger partial charge >= 0.3 is 29.6 Å². The number of rotatable bonds is 8. The SMILES string of the molecule is CC1(C)C(/C=C/C=C/Nc2ccccc2)=[N+](CCCS(=O)(=O)[O-])c2cc[c-]cc21.[Na+]. The molecular formula is C23H25N2NaO3S. The molecule has 0 bridgehead atoms. The summed E-state index contributed by atoms with van der Waals surface area (Å²) in [6, 6.07) is 18.8. The number of allylic oxidation sites excluding steroid dienone is 3. The van der Waals surface area contributed by atoms with E-state index in [1.807, 2.05) is 73.0 Å². The molecule has 1 aliphatic heterocycles. The van der Waals surface area contributed by atoms with Crippen LogP contribution in [0, 0.1) is 6.07 Å². The van der Waals surface area contributed by atoms with Crippen molar-refractivity contribution in [2.24, 2.45) is 0 Å². The third-order valence-electron chi connectivity index (χ3n) is 5.00. The number of anilines is 1. The second kappa shape index (κ2) is 10.6. The van der Waals surface area contributed by atoms with E-state index < -0.39 is 10.1 Å². The minimum atomic E-state index is -4.22. The van der Waals surface area contributed by atoms with Crippen molar-refractivity contribution in [2.75, 3.05) is 17.6 Å². The van der Waals surface area contributed by atoms with Crippen LogP contribution in [0.15, 0.2) is 73.0 Å². The van der Waals surface area contributed by atoms with E-state index in [1.54, 1.807) is 0 Å². The van der Waals surface area contributed by atoms with Gasteiger partial charge in [-0.2, -0.15) is 18.2 Å². The van der Waals surface area contributed by atoms with Gasteiger partial charge in [-0.3, -0.25) is 0 Å². The molecule has 2 aromatic rings. The molecule has 0 saturated carbocycles. The molecule has 0 spiro atoms.